The van der Waals surface area contributed by atoms with Gasteiger partial charge in [-0.05, 0) is 48.6 Å². The lowest BCUT2D eigenvalue weighted by Crippen LogP contribution is -2.23. The Hall–Kier alpha value is -1.19. The van der Waals surface area contributed by atoms with E-state index in [2.05, 4.69) is 0 Å². The van der Waals surface area contributed by atoms with Crippen molar-refractivity contribution in [1.82, 2.24) is 0 Å². The molecule has 1 aromatic carbocycles. The summed E-state index contributed by atoms with van der Waals surface area (Å²) in [5.74, 6) is -0.257. The zero-order valence-electron chi connectivity index (χ0n) is 9.90. The maximum atomic E-state index is 13.2. The second-order valence-corrected chi connectivity index (χ2v) is 5.45. The molecule has 1 N–H and O–H groups in total. The molecule has 0 aliphatic carbocycles. The Labute approximate surface area is 105 Å². The Kier molecular flexibility index (Phi) is 3.31. The van der Waals surface area contributed by atoms with Gasteiger partial charge in [-0.3, -0.25) is 0 Å². The number of hydrogen-bond donors (Lipinski definition) is 1. The van der Waals surface area contributed by atoms with Crippen LogP contribution in [0, 0.1) is 12.7 Å². The summed E-state index contributed by atoms with van der Waals surface area (Å²) >= 11 is 1.52. The van der Waals surface area contributed by atoms with Gasteiger partial charge in [-0.1, -0.05) is 12.1 Å². The molecule has 2 aromatic rings. The fourth-order valence-corrected chi connectivity index (χ4v) is 2.66. The standard InChI is InChI=1S/C14H15FOS/c1-10-5-6-12(15)8-11(10)9-14(2,16)13-4-3-7-17-13/h3-8,16H,9H2,1-2H3. The third-order valence-corrected chi connectivity index (χ3v) is 4.02. The van der Waals surface area contributed by atoms with Crippen molar-refractivity contribution in [2.75, 3.05) is 0 Å². The van der Waals surface area contributed by atoms with Crippen LogP contribution in [0.2, 0.25) is 0 Å². The first-order valence-electron chi connectivity index (χ1n) is 5.50. The second-order valence-electron chi connectivity index (χ2n) is 4.50. The summed E-state index contributed by atoms with van der Waals surface area (Å²) in [5, 5.41) is 12.4. The average molecular weight is 250 g/mol. The first kappa shape index (κ1) is 12.3. The Morgan fingerprint density at radius 1 is 1.35 bits per heavy atom. The van der Waals surface area contributed by atoms with Crippen LogP contribution in [-0.2, 0) is 12.0 Å². The number of thiophene rings is 1. The highest BCUT2D eigenvalue weighted by molar-refractivity contribution is 7.10. The Balaban J connectivity index is 2.29. The fraction of sp³-hybridized carbons (Fsp3) is 0.286. The van der Waals surface area contributed by atoms with Crippen molar-refractivity contribution < 1.29 is 9.50 Å². The molecule has 0 aliphatic rings. The van der Waals surface area contributed by atoms with Crippen LogP contribution in [-0.4, -0.2) is 5.11 Å². The van der Waals surface area contributed by atoms with E-state index in [-0.39, 0.29) is 5.82 Å². The van der Waals surface area contributed by atoms with Crippen LogP contribution in [0.15, 0.2) is 35.7 Å². The minimum Gasteiger partial charge on any atom is -0.384 e. The summed E-state index contributed by atoms with van der Waals surface area (Å²) < 4.78 is 13.2. The largest absolute Gasteiger partial charge is 0.384 e. The van der Waals surface area contributed by atoms with Crippen LogP contribution in [0.1, 0.15) is 22.9 Å². The predicted molar refractivity (Wildman–Crippen MR) is 68.7 cm³/mol. The highest BCUT2D eigenvalue weighted by Crippen LogP contribution is 2.30. The molecule has 0 bridgehead atoms. The van der Waals surface area contributed by atoms with Gasteiger partial charge in [-0.2, -0.15) is 0 Å². The molecule has 3 heteroatoms. The van der Waals surface area contributed by atoms with Gasteiger partial charge in [-0.15, -0.1) is 11.3 Å². The van der Waals surface area contributed by atoms with E-state index in [1.165, 1.54) is 23.5 Å². The molecule has 0 spiro atoms. The highest BCUT2D eigenvalue weighted by atomic mass is 32.1. The van der Waals surface area contributed by atoms with Gasteiger partial charge in [0.15, 0.2) is 0 Å². The molecular weight excluding hydrogens is 235 g/mol. The third-order valence-electron chi connectivity index (χ3n) is 2.90. The van der Waals surface area contributed by atoms with Crippen LogP contribution in [0.3, 0.4) is 0 Å². The fourth-order valence-electron chi connectivity index (χ4n) is 1.87. The van der Waals surface area contributed by atoms with Gasteiger partial charge < -0.3 is 5.11 Å². The monoisotopic (exact) mass is 250 g/mol. The summed E-state index contributed by atoms with van der Waals surface area (Å²) in [4.78, 5) is 0.904. The molecule has 0 aliphatic heterocycles. The minimum atomic E-state index is -0.938. The summed E-state index contributed by atoms with van der Waals surface area (Å²) in [7, 11) is 0. The van der Waals surface area contributed by atoms with Crippen LogP contribution in [0.25, 0.3) is 0 Å². The lowest BCUT2D eigenvalue weighted by molar-refractivity contribution is 0.0613. The summed E-state index contributed by atoms with van der Waals surface area (Å²) in [6.07, 6.45) is 0.428. The second kappa shape index (κ2) is 4.59. The van der Waals surface area contributed by atoms with E-state index >= 15 is 0 Å². The number of rotatable bonds is 3. The quantitative estimate of drug-likeness (QED) is 0.881. The third kappa shape index (κ3) is 2.73. The van der Waals surface area contributed by atoms with Crippen LogP contribution in [0.5, 0.6) is 0 Å². The van der Waals surface area contributed by atoms with Gasteiger partial charge >= 0.3 is 0 Å². The van der Waals surface area contributed by atoms with E-state index in [1.807, 2.05) is 24.4 Å². The Morgan fingerprint density at radius 2 is 2.12 bits per heavy atom. The molecule has 1 aromatic heterocycles. The van der Waals surface area contributed by atoms with Crippen LogP contribution >= 0.6 is 11.3 Å². The molecule has 0 fully saturated rings. The number of aryl methyl sites for hydroxylation is 1. The van der Waals surface area contributed by atoms with E-state index in [1.54, 1.807) is 13.0 Å². The zero-order chi connectivity index (χ0) is 12.5. The Bertz CT molecular complexity index is 503. The van der Waals surface area contributed by atoms with E-state index in [0.717, 1.165) is 16.0 Å². The summed E-state index contributed by atoms with van der Waals surface area (Å²) in [5.41, 5.74) is 0.916. The minimum absolute atomic E-state index is 0.257. The topological polar surface area (TPSA) is 20.2 Å². The van der Waals surface area contributed by atoms with Crippen LogP contribution in [0.4, 0.5) is 4.39 Å². The number of benzene rings is 1. The first-order valence-corrected chi connectivity index (χ1v) is 6.38. The summed E-state index contributed by atoms with van der Waals surface area (Å²) in [6.45, 7) is 3.70. The molecular formula is C14H15FOS. The molecule has 2 rings (SSSR count). The number of hydrogen-bond acceptors (Lipinski definition) is 2. The van der Waals surface area contributed by atoms with Crippen molar-refractivity contribution in [3.63, 3.8) is 0 Å². The van der Waals surface area contributed by atoms with E-state index in [0.29, 0.717) is 6.42 Å². The smallest absolute Gasteiger partial charge is 0.123 e. The van der Waals surface area contributed by atoms with Gasteiger partial charge in [0.2, 0.25) is 0 Å². The normalized spacial score (nSPS) is 14.6. The maximum absolute atomic E-state index is 13.2. The van der Waals surface area contributed by atoms with Gasteiger partial charge in [-0.25, -0.2) is 4.39 Å². The van der Waals surface area contributed by atoms with E-state index in [4.69, 9.17) is 0 Å². The molecule has 1 nitrogen and oxygen atoms in total. The Morgan fingerprint density at radius 3 is 2.76 bits per heavy atom. The van der Waals surface area contributed by atoms with Crippen molar-refractivity contribution >= 4 is 11.3 Å². The van der Waals surface area contributed by atoms with Crippen molar-refractivity contribution in [2.45, 2.75) is 25.9 Å². The highest BCUT2D eigenvalue weighted by Gasteiger charge is 2.25. The number of halogens is 1. The molecule has 0 saturated heterocycles. The van der Waals surface area contributed by atoms with E-state index in [9.17, 15) is 9.50 Å². The SMILES string of the molecule is Cc1ccc(F)cc1CC(C)(O)c1cccs1. The lowest BCUT2D eigenvalue weighted by Gasteiger charge is -2.23. The van der Waals surface area contributed by atoms with Crippen LogP contribution < -0.4 is 0 Å². The molecule has 1 unspecified atom stereocenters. The predicted octanol–water partition coefficient (Wildman–Crippen LogP) is 3.65. The van der Waals surface area contributed by atoms with Crippen molar-refractivity contribution in [1.29, 1.82) is 0 Å². The molecule has 17 heavy (non-hydrogen) atoms. The van der Waals surface area contributed by atoms with Crippen molar-refractivity contribution in [2.24, 2.45) is 0 Å². The zero-order valence-corrected chi connectivity index (χ0v) is 10.7. The average Bonchev–Trinajstić information content (AvgIpc) is 2.77. The molecule has 0 radical (unpaired) electrons. The van der Waals surface area contributed by atoms with Crippen molar-refractivity contribution in [3.8, 4) is 0 Å². The molecule has 1 heterocycles. The van der Waals surface area contributed by atoms with Gasteiger partial charge in [0, 0.05) is 11.3 Å². The molecule has 0 saturated carbocycles. The van der Waals surface area contributed by atoms with Gasteiger partial charge in [0.05, 0.1) is 5.60 Å². The van der Waals surface area contributed by atoms with Crippen molar-refractivity contribution in [3.05, 3.63) is 57.5 Å². The number of aliphatic hydroxyl groups is 1. The maximum Gasteiger partial charge on any atom is 0.123 e. The summed E-state index contributed by atoms with van der Waals surface area (Å²) in [6, 6.07) is 8.50. The van der Waals surface area contributed by atoms with E-state index < -0.39 is 5.60 Å². The molecule has 0 amide bonds. The van der Waals surface area contributed by atoms with Gasteiger partial charge in [0.25, 0.3) is 0 Å². The first-order chi connectivity index (χ1) is 7.99. The molecule has 1 atom stereocenters. The molecule has 90 valence electrons. The lowest BCUT2D eigenvalue weighted by atomic mass is 9.92. The van der Waals surface area contributed by atoms with Gasteiger partial charge in [0.1, 0.15) is 5.82 Å².